The molecular weight excluding hydrogens is 322 g/mol. The molecule has 1 heterocycles. The first-order valence-corrected chi connectivity index (χ1v) is 7.90. The van der Waals surface area contributed by atoms with E-state index in [2.05, 4.69) is 15.3 Å². The van der Waals surface area contributed by atoms with Gasteiger partial charge in [-0.15, -0.1) is 0 Å². The van der Waals surface area contributed by atoms with Crippen LogP contribution in [0.1, 0.15) is 18.1 Å². The van der Waals surface area contributed by atoms with E-state index in [9.17, 15) is 4.79 Å². The molecule has 1 unspecified atom stereocenters. The zero-order chi connectivity index (χ0) is 16.3. The summed E-state index contributed by atoms with van der Waals surface area (Å²) >= 11 is 7.05. The summed E-state index contributed by atoms with van der Waals surface area (Å²) in [6.45, 7) is 5.63. The van der Waals surface area contributed by atoms with Crippen LogP contribution in [0, 0.1) is 13.8 Å². The van der Waals surface area contributed by atoms with Gasteiger partial charge in [-0.1, -0.05) is 35.5 Å². The summed E-state index contributed by atoms with van der Waals surface area (Å²) in [5.41, 5.74) is 3.21. The van der Waals surface area contributed by atoms with Crippen LogP contribution in [-0.4, -0.2) is 26.3 Å². The molecule has 2 aromatic rings. The van der Waals surface area contributed by atoms with E-state index in [-0.39, 0.29) is 5.15 Å². The SMILES string of the molecule is Cc1cccc(Nc2cc(Cl)nc(SC(C)C(=O)O)n2)c1C. The highest BCUT2D eigenvalue weighted by Crippen LogP contribution is 2.26. The molecule has 0 fully saturated rings. The summed E-state index contributed by atoms with van der Waals surface area (Å²) in [4.78, 5) is 19.3. The summed E-state index contributed by atoms with van der Waals surface area (Å²) in [5, 5.41) is 12.1. The fourth-order valence-corrected chi connectivity index (χ4v) is 2.70. The summed E-state index contributed by atoms with van der Waals surface area (Å²) in [7, 11) is 0. The number of hydrogen-bond acceptors (Lipinski definition) is 5. The van der Waals surface area contributed by atoms with Gasteiger partial charge in [-0.25, -0.2) is 9.97 Å². The molecule has 0 aliphatic heterocycles. The van der Waals surface area contributed by atoms with Crippen LogP contribution in [0.5, 0.6) is 0 Å². The van der Waals surface area contributed by atoms with Crippen molar-refractivity contribution in [3.05, 3.63) is 40.5 Å². The molecule has 0 saturated carbocycles. The highest BCUT2D eigenvalue weighted by atomic mass is 35.5. The van der Waals surface area contributed by atoms with E-state index in [1.165, 1.54) is 5.56 Å². The summed E-state index contributed by atoms with van der Waals surface area (Å²) < 4.78 is 0. The van der Waals surface area contributed by atoms with E-state index in [1.54, 1.807) is 13.0 Å². The summed E-state index contributed by atoms with van der Waals surface area (Å²) in [6.07, 6.45) is 0. The van der Waals surface area contributed by atoms with Crippen molar-refractivity contribution in [2.24, 2.45) is 0 Å². The van der Waals surface area contributed by atoms with Crippen LogP contribution in [-0.2, 0) is 4.79 Å². The van der Waals surface area contributed by atoms with Crippen molar-refractivity contribution in [2.45, 2.75) is 31.2 Å². The topological polar surface area (TPSA) is 75.1 Å². The Hall–Kier alpha value is -1.79. The number of halogens is 1. The Kier molecular flexibility index (Phi) is 5.26. The third-order valence-corrected chi connectivity index (χ3v) is 4.31. The highest BCUT2D eigenvalue weighted by molar-refractivity contribution is 8.00. The third kappa shape index (κ3) is 4.11. The Morgan fingerprint density at radius 2 is 2.09 bits per heavy atom. The summed E-state index contributed by atoms with van der Waals surface area (Å²) in [6, 6.07) is 7.54. The number of carboxylic acid groups (broad SMARTS) is 1. The Bertz CT molecular complexity index is 709. The Labute approximate surface area is 138 Å². The van der Waals surface area contributed by atoms with Gasteiger partial charge in [-0.05, 0) is 38.0 Å². The van der Waals surface area contributed by atoms with Crippen molar-refractivity contribution in [3.8, 4) is 0 Å². The Morgan fingerprint density at radius 1 is 1.36 bits per heavy atom. The van der Waals surface area contributed by atoms with Gasteiger partial charge in [0.1, 0.15) is 16.2 Å². The minimum absolute atomic E-state index is 0.267. The maximum Gasteiger partial charge on any atom is 0.316 e. The lowest BCUT2D eigenvalue weighted by atomic mass is 10.1. The first-order valence-electron chi connectivity index (χ1n) is 6.64. The number of benzene rings is 1. The number of aromatic nitrogens is 2. The molecule has 7 heteroatoms. The molecule has 0 spiro atoms. The van der Waals surface area contributed by atoms with Gasteiger partial charge < -0.3 is 10.4 Å². The van der Waals surface area contributed by atoms with Gasteiger partial charge in [0.15, 0.2) is 5.16 Å². The Morgan fingerprint density at radius 3 is 2.77 bits per heavy atom. The fourth-order valence-electron chi connectivity index (χ4n) is 1.75. The van der Waals surface area contributed by atoms with Crippen molar-refractivity contribution in [2.75, 3.05) is 5.32 Å². The number of hydrogen-bond donors (Lipinski definition) is 2. The van der Waals surface area contributed by atoms with E-state index in [4.69, 9.17) is 16.7 Å². The molecule has 5 nitrogen and oxygen atoms in total. The van der Waals surface area contributed by atoms with Crippen LogP contribution in [0.25, 0.3) is 0 Å². The molecule has 1 aromatic heterocycles. The lowest BCUT2D eigenvalue weighted by Crippen LogP contribution is -2.12. The minimum Gasteiger partial charge on any atom is -0.480 e. The average molecular weight is 338 g/mol. The first kappa shape index (κ1) is 16.6. The van der Waals surface area contributed by atoms with Crippen molar-refractivity contribution >= 4 is 40.8 Å². The van der Waals surface area contributed by atoms with Crippen LogP contribution in [0.15, 0.2) is 29.4 Å². The van der Waals surface area contributed by atoms with Crippen molar-refractivity contribution in [1.29, 1.82) is 0 Å². The van der Waals surface area contributed by atoms with E-state index in [0.29, 0.717) is 11.0 Å². The molecule has 22 heavy (non-hydrogen) atoms. The van der Waals surface area contributed by atoms with Crippen LogP contribution >= 0.6 is 23.4 Å². The van der Waals surface area contributed by atoms with E-state index in [0.717, 1.165) is 23.0 Å². The van der Waals surface area contributed by atoms with Crippen LogP contribution < -0.4 is 5.32 Å². The maximum atomic E-state index is 10.9. The second kappa shape index (κ2) is 6.98. The van der Waals surface area contributed by atoms with Crippen LogP contribution in [0.3, 0.4) is 0 Å². The lowest BCUT2D eigenvalue weighted by molar-refractivity contribution is -0.136. The van der Waals surface area contributed by atoms with Crippen molar-refractivity contribution < 1.29 is 9.90 Å². The molecule has 2 rings (SSSR count). The third-order valence-electron chi connectivity index (χ3n) is 3.17. The monoisotopic (exact) mass is 337 g/mol. The van der Waals surface area contributed by atoms with Gasteiger partial charge in [0.25, 0.3) is 0 Å². The Balaban J connectivity index is 2.26. The van der Waals surface area contributed by atoms with E-state index < -0.39 is 11.2 Å². The average Bonchev–Trinajstić information content (AvgIpc) is 2.43. The number of thioether (sulfide) groups is 1. The number of aryl methyl sites for hydroxylation is 1. The molecule has 0 amide bonds. The van der Waals surface area contributed by atoms with Gasteiger partial charge in [0.2, 0.25) is 0 Å². The summed E-state index contributed by atoms with van der Waals surface area (Å²) in [5.74, 6) is -0.383. The zero-order valence-corrected chi connectivity index (χ0v) is 14.0. The van der Waals surface area contributed by atoms with Gasteiger partial charge in [0.05, 0.1) is 0 Å². The molecule has 1 aromatic carbocycles. The molecule has 0 radical (unpaired) electrons. The quantitative estimate of drug-likeness (QED) is 0.487. The molecule has 2 N–H and O–H groups in total. The first-order chi connectivity index (χ1) is 10.4. The number of aliphatic carboxylic acids is 1. The second-order valence-electron chi connectivity index (χ2n) is 4.83. The second-order valence-corrected chi connectivity index (χ2v) is 6.52. The van der Waals surface area contributed by atoms with Crippen molar-refractivity contribution in [1.82, 2.24) is 9.97 Å². The molecule has 116 valence electrons. The van der Waals surface area contributed by atoms with E-state index >= 15 is 0 Å². The number of nitrogens with zero attached hydrogens (tertiary/aromatic N) is 2. The zero-order valence-electron chi connectivity index (χ0n) is 12.4. The molecule has 0 aliphatic rings. The highest BCUT2D eigenvalue weighted by Gasteiger charge is 2.15. The molecule has 0 aliphatic carbocycles. The maximum absolute atomic E-state index is 10.9. The predicted octanol–water partition coefficient (Wildman–Crippen LogP) is 4.06. The predicted molar refractivity (Wildman–Crippen MR) is 89.2 cm³/mol. The lowest BCUT2D eigenvalue weighted by Gasteiger charge is -2.12. The molecule has 1 atom stereocenters. The molecular formula is C15H16ClN3O2S. The van der Waals surface area contributed by atoms with Gasteiger partial charge in [-0.3, -0.25) is 4.79 Å². The van der Waals surface area contributed by atoms with Gasteiger partial charge >= 0.3 is 5.97 Å². The number of carboxylic acids is 1. The molecule has 0 bridgehead atoms. The normalized spacial score (nSPS) is 12.0. The van der Waals surface area contributed by atoms with Crippen LogP contribution in [0.4, 0.5) is 11.5 Å². The van der Waals surface area contributed by atoms with E-state index in [1.807, 2.05) is 32.0 Å². The smallest absolute Gasteiger partial charge is 0.316 e. The molecule has 0 saturated heterocycles. The number of nitrogens with one attached hydrogen (secondary N) is 1. The standard InChI is InChI=1S/C15H16ClN3O2S/c1-8-5-4-6-11(9(8)2)17-13-7-12(16)18-15(19-13)22-10(3)14(20)21/h4-7,10H,1-3H3,(H,20,21)(H,17,18,19). The van der Waals surface area contributed by atoms with Gasteiger partial charge in [-0.2, -0.15) is 0 Å². The number of anilines is 2. The van der Waals surface area contributed by atoms with Gasteiger partial charge in [0, 0.05) is 11.8 Å². The minimum atomic E-state index is -0.919. The fraction of sp³-hybridized carbons (Fsp3) is 0.267. The largest absolute Gasteiger partial charge is 0.480 e. The number of carbonyl (C=O) groups is 1. The number of rotatable bonds is 5. The van der Waals surface area contributed by atoms with Crippen molar-refractivity contribution in [3.63, 3.8) is 0 Å². The van der Waals surface area contributed by atoms with Crippen LogP contribution in [0.2, 0.25) is 5.15 Å².